The fraction of sp³-hybridized carbons (Fsp3) is 0.545. The van der Waals surface area contributed by atoms with Gasteiger partial charge in [0.1, 0.15) is 11.7 Å². The number of pyridine rings is 1. The number of aromatic carboxylic acids is 1. The van der Waals surface area contributed by atoms with E-state index in [0.717, 1.165) is 37.2 Å². The van der Waals surface area contributed by atoms with Gasteiger partial charge in [-0.2, -0.15) is 0 Å². The van der Waals surface area contributed by atoms with Crippen LogP contribution in [0.15, 0.2) is 23.1 Å². The minimum Gasteiger partial charge on any atom is -0.477 e. The van der Waals surface area contributed by atoms with E-state index in [-0.39, 0.29) is 11.1 Å². The number of nitrogens with two attached hydrogens (primary N) is 1. The summed E-state index contributed by atoms with van der Waals surface area (Å²) in [5.41, 5.74) is 8.26. The van der Waals surface area contributed by atoms with Crippen LogP contribution in [0.4, 0.5) is 10.1 Å². The molecule has 2 aromatic rings. The Balaban J connectivity index is 1.66. The first-order valence-corrected chi connectivity index (χ1v) is 10.4. The fourth-order valence-corrected chi connectivity index (χ4v) is 5.57. The highest BCUT2D eigenvalue weighted by molar-refractivity contribution is 5.95. The smallest absolute Gasteiger partial charge is 0.341 e. The molecule has 0 spiro atoms. The molecule has 1 unspecified atom stereocenters. The van der Waals surface area contributed by atoms with Crippen LogP contribution in [0.1, 0.15) is 54.1 Å². The molecule has 2 heterocycles. The summed E-state index contributed by atoms with van der Waals surface area (Å²) in [5, 5.41) is 9.77. The maximum absolute atomic E-state index is 13.9. The molecule has 1 aliphatic heterocycles. The molecule has 2 aliphatic carbocycles. The van der Waals surface area contributed by atoms with Crippen molar-refractivity contribution in [3.05, 3.63) is 39.7 Å². The van der Waals surface area contributed by atoms with Gasteiger partial charge >= 0.3 is 5.97 Å². The number of benzene rings is 1. The Kier molecular flexibility index (Phi) is 4.04. The van der Waals surface area contributed by atoms with E-state index < -0.39 is 23.6 Å². The molecule has 1 aromatic carbocycles. The number of nitrogens with zero attached hydrogens (tertiary/aromatic N) is 2. The summed E-state index contributed by atoms with van der Waals surface area (Å²) in [6, 6.07) is 3.18. The van der Waals surface area contributed by atoms with Crippen LogP contribution < -0.4 is 16.1 Å². The summed E-state index contributed by atoms with van der Waals surface area (Å²) in [5.74, 6) is -0.716. The van der Waals surface area contributed by atoms with Gasteiger partial charge in [-0.25, -0.2) is 9.18 Å². The number of carboxylic acids is 1. The van der Waals surface area contributed by atoms with Crippen LogP contribution in [0, 0.1) is 12.8 Å². The fourth-order valence-electron chi connectivity index (χ4n) is 5.57. The average molecular weight is 399 g/mol. The first-order chi connectivity index (χ1) is 13.8. The Morgan fingerprint density at radius 3 is 2.79 bits per heavy atom. The lowest BCUT2D eigenvalue weighted by atomic mass is 9.81. The molecular weight excluding hydrogens is 373 g/mol. The van der Waals surface area contributed by atoms with Crippen molar-refractivity contribution >= 4 is 22.6 Å². The first-order valence-electron chi connectivity index (χ1n) is 10.4. The third-order valence-corrected chi connectivity index (χ3v) is 7.27. The monoisotopic (exact) mass is 399 g/mol. The van der Waals surface area contributed by atoms with Gasteiger partial charge in [-0.3, -0.25) is 4.79 Å². The molecule has 154 valence electrons. The number of carbonyl (C=O) groups is 1. The third kappa shape index (κ3) is 2.78. The van der Waals surface area contributed by atoms with Gasteiger partial charge in [0.05, 0.1) is 11.6 Å². The molecule has 4 atom stereocenters. The number of halogens is 1. The summed E-state index contributed by atoms with van der Waals surface area (Å²) < 4.78 is 15.6. The van der Waals surface area contributed by atoms with Gasteiger partial charge in [0.15, 0.2) is 0 Å². The van der Waals surface area contributed by atoms with Crippen LogP contribution >= 0.6 is 0 Å². The molecule has 29 heavy (non-hydrogen) atoms. The summed E-state index contributed by atoms with van der Waals surface area (Å²) in [6.07, 6.45) is 5.10. The van der Waals surface area contributed by atoms with Gasteiger partial charge < -0.3 is 20.3 Å². The van der Waals surface area contributed by atoms with E-state index in [0.29, 0.717) is 23.2 Å². The summed E-state index contributed by atoms with van der Waals surface area (Å²) >= 11 is 0. The number of rotatable bonds is 3. The van der Waals surface area contributed by atoms with E-state index in [1.165, 1.54) is 19.0 Å². The lowest BCUT2D eigenvalue weighted by Crippen LogP contribution is -2.57. The molecule has 0 bridgehead atoms. The molecule has 3 N–H and O–H groups in total. The number of alkyl halides is 1. The summed E-state index contributed by atoms with van der Waals surface area (Å²) in [6.45, 7) is 3.62. The topological polar surface area (TPSA) is 88.6 Å². The summed E-state index contributed by atoms with van der Waals surface area (Å²) in [4.78, 5) is 26.6. The molecule has 5 rings (SSSR count). The first kappa shape index (κ1) is 18.6. The SMILES string of the molecule is Cc1c(N2CCC3CCC[C@@]3(N)C2)ccc2c(=O)c(C(=O)O)cn([C@@H]3C[C@@H]3F)c12. The highest BCUT2D eigenvalue weighted by Gasteiger charge is 2.44. The van der Waals surface area contributed by atoms with Gasteiger partial charge in [-0.1, -0.05) is 6.42 Å². The van der Waals surface area contributed by atoms with Crippen LogP contribution in [-0.4, -0.2) is 40.4 Å². The number of anilines is 1. The van der Waals surface area contributed by atoms with Crippen LogP contribution in [-0.2, 0) is 0 Å². The summed E-state index contributed by atoms with van der Waals surface area (Å²) in [7, 11) is 0. The highest BCUT2D eigenvalue weighted by Crippen LogP contribution is 2.44. The molecule has 3 aliphatic rings. The second-order valence-electron chi connectivity index (χ2n) is 9.04. The molecule has 1 saturated heterocycles. The number of aromatic nitrogens is 1. The minimum absolute atomic E-state index is 0.174. The quantitative estimate of drug-likeness (QED) is 0.828. The largest absolute Gasteiger partial charge is 0.477 e. The minimum atomic E-state index is -1.28. The number of fused-ring (bicyclic) bond motifs is 2. The van der Waals surface area contributed by atoms with E-state index >= 15 is 0 Å². The Morgan fingerprint density at radius 2 is 2.10 bits per heavy atom. The number of hydrogen-bond donors (Lipinski definition) is 2. The van der Waals surface area contributed by atoms with E-state index in [9.17, 15) is 19.1 Å². The Morgan fingerprint density at radius 1 is 1.34 bits per heavy atom. The number of carboxylic acid groups (broad SMARTS) is 1. The third-order valence-electron chi connectivity index (χ3n) is 7.27. The average Bonchev–Trinajstić information content (AvgIpc) is 3.26. The van der Waals surface area contributed by atoms with Gasteiger partial charge in [-0.15, -0.1) is 0 Å². The Labute approximate surface area is 168 Å². The zero-order chi connectivity index (χ0) is 20.5. The Hall–Kier alpha value is -2.41. The Bertz CT molecular complexity index is 1080. The molecule has 1 aromatic heterocycles. The standard InChI is InChI=1S/C22H26FN3O3/c1-12-17(25-8-6-13-3-2-7-22(13,24)11-25)5-4-14-19(12)26(18-9-16(18)23)10-15(20(14)27)21(28)29/h4-5,10,13,16,18H,2-3,6-9,11,24H2,1H3,(H,28,29)/t13?,16-,18+,22+/m0/s1. The predicted molar refractivity (Wildman–Crippen MR) is 110 cm³/mol. The van der Waals surface area contributed by atoms with E-state index in [1.807, 2.05) is 13.0 Å². The van der Waals surface area contributed by atoms with Crippen LogP contribution in [0.5, 0.6) is 0 Å². The van der Waals surface area contributed by atoms with Crippen molar-refractivity contribution in [2.75, 3.05) is 18.0 Å². The van der Waals surface area contributed by atoms with E-state index in [2.05, 4.69) is 4.90 Å². The van der Waals surface area contributed by atoms with Crippen molar-refractivity contribution in [3.8, 4) is 0 Å². The number of aryl methyl sites for hydroxylation is 1. The maximum Gasteiger partial charge on any atom is 0.341 e. The second kappa shape index (κ2) is 6.29. The zero-order valence-electron chi connectivity index (χ0n) is 16.5. The van der Waals surface area contributed by atoms with Gasteiger partial charge in [0.2, 0.25) is 5.43 Å². The molecule has 0 amide bonds. The van der Waals surface area contributed by atoms with Gasteiger partial charge in [0, 0.05) is 42.3 Å². The van der Waals surface area contributed by atoms with E-state index in [1.54, 1.807) is 10.6 Å². The lowest BCUT2D eigenvalue weighted by molar-refractivity contribution is 0.0694. The van der Waals surface area contributed by atoms with Gasteiger partial charge in [-0.05, 0) is 49.8 Å². The predicted octanol–water partition coefficient (Wildman–Crippen LogP) is 3.00. The van der Waals surface area contributed by atoms with Crippen LogP contribution in [0.3, 0.4) is 0 Å². The van der Waals surface area contributed by atoms with Crippen molar-refractivity contribution in [2.24, 2.45) is 11.7 Å². The normalized spacial score (nSPS) is 31.1. The molecule has 2 saturated carbocycles. The molecule has 6 nitrogen and oxygen atoms in total. The zero-order valence-corrected chi connectivity index (χ0v) is 16.5. The van der Waals surface area contributed by atoms with Gasteiger partial charge in [0.25, 0.3) is 0 Å². The number of hydrogen-bond acceptors (Lipinski definition) is 4. The van der Waals surface area contributed by atoms with Crippen molar-refractivity contribution in [1.82, 2.24) is 4.57 Å². The molecular formula is C22H26FN3O3. The van der Waals surface area contributed by atoms with Crippen molar-refractivity contribution in [1.29, 1.82) is 0 Å². The number of piperidine rings is 1. The van der Waals surface area contributed by atoms with Crippen molar-refractivity contribution in [3.63, 3.8) is 0 Å². The maximum atomic E-state index is 13.9. The molecule has 7 heteroatoms. The molecule has 0 radical (unpaired) electrons. The van der Waals surface area contributed by atoms with Crippen molar-refractivity contribution < 1.29 is 14.3 Å². The highest BCUT2D eigenvalue weighted by atomic mass is 19.1. The van der Waals surface area contributed by atoms with E-state index in [4.69, 9.17) is 5.73 Å². The van der Waals surface area contributed by atoms with Crippen LogP contribution in [0.2, 0.25) is 0 Å². The lowest BCUT2D eigenvalue weighted by Gasteiger charge is -2.44. The molecule has 3 fully saturated rings. The van der Waals surface area contributed by atoms with Crippen molar-refractivity contribution in [2.45, 2.75) is 56.8 Å². The second-order valence-corrected chi connectivity index (χ2v) is 9.04. The van der Waals surface area contributed by atoms with Crippen LogP contribution in [0.25, 0.3) is 10.9 Å².